The summed E-state index contributed by atoms with van der Waals surface area (Å²) in [6, 6.07) is 4.13. The molecule has 0 fully saturated rings. The standard InChI is InChI=1S/C13H17FN2O3/c1-9-13(17)16(5-7-18-6-4-15)11-8-10(14)2-3-12(11)19-9/h2-3,8-9H,4-7,15H2,1H3. The fourth-order valence-electron chi connectivity index (χ4n) is 1.95. The summed E-state index contributed by atoms with van der Waals surface area (Å²) in [6.07, 6.45) is -0.576. The van der Waals surface area contributed by atoms with Crippen LogP contribution < -0.4 is 15.4 Å². The van der Waals surface area contributed by atoms with Gasteiger partial charge in [-0.15, -0.1) is 0 Å². The van der Waals surface area contributed by atoms with E-state index in [1.165, 1.54) is 23.1 Å². The van der Waals surface area contributed by atoms with Crippen LogP contribution in [-0.2, 0) is 9.53 Å². The molecular weight excluding hydrogens is 251 g/mol. The minimum Gasteiger partial charge on any atom is -0.479 e. The van der Waals surface area contributed by atoms with Crippen LogP contribution in [0, 0.1) is 5.82 Å². The predicted molar refractivity (Wildman–Crippen MR) is 68.7 cm³/mol. The number of rotatable bonds is 5. The molecule has 5 nitrogen and oxygen atoms in total. The molecule has 1 unspecified atom stereocenters. The van der Waals surface area contributed by atoms with Crippen LogP contribution >= 0.6 is 0 Å². The number of carbonyl (C=O) groups excluding carboxylic acids is 1. The van der Waals surface area contributed by atoms with Crippen molar-refractivity contribution < 1.29 is 18.7 Å². The number of ether oxygens (including phenoxy) is 2. The molecule has 0 saturated carbocycles. The highest BCUT2D eigenvalue weighted by molar-refractivity contribution is 5.99. The summed E-state index contributed by atoms with van der Waals surface area (Å²) < 4.78 is 24.0. The fraction of sp³-hybridized carbons (Fsp3) is 0.462. The van der Waals surface area contributed by atoms with E-state index in [9.17, 15) is 9.18 Å². The van der Waals surface area contributed by atoms with Gasteiger partial charge in [0.25, 0.3) is 5.91 Å². The van der Waals surface area contributed by atoms with Gasteiger partial charge in [0.1, 0.15) is 11.6 Å². The topological polar surface area (TPSA) is 64.8 Å². The molecule has 1 atom stereocenters. The third kappa shape index (κ3) is 3.02. The second-order valence-corrected chi connectivity index (χ2v) is 4.26. The van der Waals surface area contributed by atoms with Crippen LogP contribution in [0.2, 0.25) is 0 Å². The van der Waals surface area contributed by atoms with Crippen LogP contribution in [-0.4, -0.2) is 38.3 Å². The average molecular weight is 268 g/mol. The summed E-state index contributed by atoms with van der Waals surface area (Å²) in [7, 11) is 0. The van der Waals surface area contributed by atoms with Crippen LogP contribution in [0.5, 0.6) is 5.75 Å². The molecule has 1 aromatic rings. The maximum absolute atomic E-state index is 13.3. The molecule has 1 aromatic carbocycles. The van der Waals surface area contributed by atoms with Crippen LogP contribution in [0.25, 0.3) is 0 Å². The first-order valence-corrected chi connectivity index (χ1v) is 6.19. The Morgan fingerprint density at radius 1 is 1.47 bits per heavy atom. The maximum atomic E-state index is 13.3. The normalized spacial score (nSPS) is 18.2. The van der Waals surface area contributed by atoms with Crippen LogP contribution in [0.1, 0.15) is 6.92 Å². The molecular formula is C13H17FN2O3. The third-order valence-corrected chi connectivity index (χ3v) is 2.85. The van der Waals surface area contributed by atoms with Crippen molar-refractivity contribution in [2.24, 2.45) is 5.73 Å². The van der Waals surface area contributed by atoms with Gasteiger partial charge in [-0.25, -0.2) is 4.39 Å². The Bertz CT molecular complexity index is 467. The molecule has 19 heavy (non-hydrogen) atoms. The average Bonchev–Trinajstić information content (AvgIpc) is 2.39. The van der Waals surface area contributed by atoms with Crippen molar-refractivity contribution in [2.45, 2.75) is 13.0 Å². The summed E-state index contributed by atoms with van der Waals surface area (Å²) in [5.41, 5.74) is 5.76. The Morgan fingerprint density at radius 2 is 2.26 bits per heavy atom. The van der Waals surface area contributed by atoms with Gasteiger partial charge in [-0.05, 0) is 19.1 Å². The first-order chi connectivity index (χ1) is 9.13. The van der Waals surface area contributed by atoms with Gasteiger partial charge < -0.3 is 20.1 Å². The van der Waals surface area contributed by atoms with E-state index in [-0.39, 0.29) is 5.91 Å². The molecule has 1 aliphatic rings. The second kappa shape index (κ2) is 5.99. The molecule has 6 heteroatoms. The summed E-state index contributed by atoms with van der Waals surface area (Å²) in [6.45, 7) is 3.24. The molecule has 0 aromatic heterocycles. The van der Waals surface area contributed by atoms with Gasteiger partial charge in [-0.2, -0.15) is 0 Å². The van der Waals surface area contributed by atoms with E-state index in [4.69, 9.17) is 15.2 Å². The summed E-state index contributed by atoms with van der Waals surface area (Å²) in [4.78, 5) is 13.6. The lowest BCUT2D eigenvalue weighted by molar-refractivity contribution is -0.125. The Morgan fingerprint density at radius 3 is 3.00 bits per heavy atom. The number of hydrogen-bond acceptors (Lipinski definition) is 4. The van der Waals surface area contributed by atoms with E-state index in [0.717, 1.165) is 0 Å². The number of fused-ring (bicyclic) bond motifs is 1. The van der Waals surface area contributed by atoms with Crippen molar-refractivity contribution in [1.29, 1.82) is 0 Å². The third-order valence-electron chi connectivity index (χ3n) is 2.85. The van der Waals surface area contributed by atoms with Crippen molar-refractivity contribution in [2.75, 3.05) is 31.2 Å². The molecule has 104 valence electrons. The van der Waals surface area contributed by atoms with E-state index < -0.39 is 11.9 Å². The van der Waals surface area contributed by atoms with Gasteiger partial charge >= 0.3 is 0 Å². The van der Waals surface area contributed by atoms with Crippen LogP contribution in [0.3, 0.4) is 0 Å². The largest absolute Gasteiger partial charge is 0.479 e. The maximum Gasteiger partial charge on any atom is 0.267 e. The lowest BCUT2D eigenvalue weighted by atomic mass is 10.2. The highest BCUT2D eigenvalue weighted by Crippen LogP contribution is 2.34. The zero-order valence-electron chi connectivity index (χ0n) is 10.8. The number of carbonyl (C=O) groups is 1. The van der Waals surface area contributed by atoms with E-state index in [1.54, 1.807) is 6.92 Å². The Labute approximate surface area is 111 Å². The molecule has 2 rings (SSSR count). The second-order valence-electron chi connectivity index (χ2n) is 4.26. The van der Waals surface area contributed by atoms with Gasteiger partial charge in [-0.1, -0.05) is 0 Å². The molecule has 0 bridgehead atoms. The summed E-state index contributed by atoms with van der Waals surface area (Å²) in [5, 5.41) is 0. The number of halogens is 1. The molecule has 1 amide bonds. The number of benzene rings is 1. The van der Waals surface area contributed by atoms with Crippen molar-refractivity contribution in [1.82, 2.24) is 0 Å². The van der Waals surface area contributed by atoms with Crippen molar-refractivity contribution in [3.05, 3.63) is 24.0 Å². The lowest BCUT2D eigenvalue weighted by Crippen LogP contribution is -2.46. The van der Waals surface area contributed by atoms with Crippen molar-refractivity contribution in [3.8, 4) is 5.75 Å². The van der Waals surface area contributed by atoms with Crippen molar-refractivity contribution in [3.63, 3.8) is 0 Å². The summed E-state index contributed by atoms with van der Waals surface area (Å²) in [5.74, 6) is -0.0978. The molecule has 0 spiro atoms. The van der Waals surface area contributed by atoms with Gasteiger partial charge in [0.2, 0.25) is 0 Å². The number of anilines is 1. The highest BCUT2D eigenvalue weighted by atomic mass is 19.1. The van der Waals surface area contributed by atoms with Gasteiger partial charge in [0, 0.05) is 19.2 Å². The molecule has 1 heterocycles. The number of nitrogens with two attached hydrogens (primary N) is 1. The number of nitrogens with zero attached hydrogens (tertiary/aromatic N) is 1. The fourth-order valence-corrected chi connectivity index (χ4v) is 1.95. The zero-order chi connectivity index (χ0) is 13.8. The van der Waals surface area contributed by atoms with E-state index >= 15 is 0 Å². The van der Waals surface area contributed by atoms with Gasteiger partial charge in [-0.3, -0.25) is 4.79 Å². The molecule has 0 saturated heterocycles. The van der Waals surface area contributed by atoms with Gasteiger partial charge in [0.05, 0.1) is 18.9 Å². The molecule has 0 aliphatic carbocycles. The molecule has 0 radical (unpaired) electrons. The first-order valence-electron chi connectivity index (χ1n) is 6.19. The predicted octanol–water partition coefficient (Wildman–Crippen LogP) is 0.915. The minimum atomic E-state index is -0.576. The number of hydrogen-bond donors (Lipinski definition) is 1. The summed E-state index contributed by atoms with van der Waals surface area (Å²) >= 11 is 0. The smallest absolute Gasteiger partial charge is 0.267 e. The Kier molecular flexibility index (Phi) is 4.34. The van der Waals surface area contributed by atoms with E-state index in [2.05, 4.69) is 0 Å². The molecule has 2 N–H and O–H groups in total. The highest BCUT2D eigenvalue weighted by Gasteiger charge is 2.31. The monoisotopic (exact) mass is 268 g/mol. The van der Waals surface area contributed by atoms with Gasteiger partial charge in [0.15, 0.2) is 6.10 Å². The van der Waals surface area contributed by atoms with E-state index in [1.807, 2.05) is 0 Å². The van der Waals surface area contributed by atoms with Crippen LogP contribution in [0.15, 0.2) is 18.2 Å². The van der Waals surface area contributed by atoms with Crippen molar-refractivity contribution >= 4 is 11.6 Å². The zero-order valence-corrected chi connectivity index (χ0v) is 10.8. The molecule has 1 aliphatic heterocycles. The number of amides is 1. The van der Waals surface area contributed by atoms with Crippen LogP contribution in [0.4, 0.5) is 10.1 Å². The Hall–Kier alpha value is -1.66. The van der Waals surface area contributed by atoms with E-state index in [0.29, 0.717) is 37.7 Å². The quantitative estimate of drug-likeness (QED) is 0.806. The SMILES string of the molecule is CC1Oc2ccc(F)cc2N(CCOCCN)C1=O. The lowest BCUT2D eigenvalue weighted by Gasteiger charge is -2.32. The Balaban J connectivity index is 2.16. The first kappa shape index (κ1) is 13.8. The minimum absolute atomic E-state index is 0.200.